The van der Waals surface area contributed by atoms with Crippen LogP contribution >= 0.6 is 11.6 Å². The second-order valence-corrected chi connectivity index (χ2v) is 10.9. The van der Waals surface area contributed by atoms with Crippen LogP contribution in [0.1, 0.15) is 60.3 Å². The number of aliphatic hydroxyl groups excluding tert-OH is 1. The average molecular weight is 554 g/mol. The van der Waals surface area contributed by atoms with Crippen LogP contribution in [-0.4, -0.2) is 77.1 Å². The molecule has 0 aromatic rings. The van der Waals surface area contributed by atoms with Crippen molar-refractivity contribution in [2.75, 3.05) is 5.88 Å². The molecule has 0 unspecified atom stereocenters. The van der Waals surface area contributed by atoms with Crippen molar-refractivity contribution in [3.8, 4) is 0 Å². The zero-order valence-electron chi connectivity index (χ0n) is 22.7. The predicted octanol–water partition coefficient (Wildman–Crippen LogP) is 3.13. The van der Waals surface area contributed by atoms with E-state index in [0.717, 1.165) is 12.0 Å². The number of hydrogen-bond acceptors (Lipinski definition) is 8. The number of halogens is 1. The molecule has 3 fully saturated rings. The van der Waals surface area contributed by atoms with Gasteiger partial charge in [0.05, 0.1) is 36.7 Å². The summed E-state index contributed by atoms with van der Waals surface area (Å²) in [5.74, 6) is -0.820. The van der Waals surface area contributed by atoms with E-state index in [0.29, 0.717) is 12.8 Å². The van der Waals surface area contributed by atoms with Gasteiger partial charge in [-0.15, -0.1) is 11.6 Å². The molecule has 2 N–H and O–H groups in total. The van der Waals surface area contributed by atoms with Crippen molar-refractivity contribution >= 4 is 29.4 Å². The minimum Gasteiger partial charge on any atom is -0.459 e. The van der Waals surface area contributed by atoms with E-state index in [1.54, 1.807) is 19.1 Å². The third-order valence-electron chi connectivity index (χ3n) is 7.35. The SMILES string of the molecule is CC(=O)O[C@@H](C)/C=C\C(=O)N[C@@H]1C[C@H](C)[C@H](C/C=C(C)/C=C/[C@H]2O[C@@H]3CC(=O)O[C@@](CCl)(C3)[C@@H]2O)O[C@@H]1C. The van der Waals surface area contributed by atoms with Crippen molar-refractivity contribution in [2.24, 2.45) is 5.92 Å². The highest BCUT2D eigenvalue weighted by molar-refractivity contribution is 6.18. The normalized spacial score (nSPS) is 36.7. The zero-order chi connectivity index (χ0) is 28.0. The van der Waals surface area contributed by atoms with E-state index in [4.69, 9.17) is 30.5 Å². The number of allylic oxidation sites excluding steroid dienone is 2. The van der Waals surface area contributed by atoms with Crippen molar-refractivity contribution in [2.45, 2.75) is 109 Å². The molecule has 38 heavy (non-hydrogen) atoms. The number of esters is 2. The number of rotatable bonds is 9. The van der Waals surface area contributed by atoms with E-state index < -0.39 is 35.9 Å². The molecule has 10 heteroatoms. The Labute approximate surface area is 229 Å². The summed E-state index contributed by atoms with van der Waals surface area (Å²) < 4.78 is 22.6. The number of amides is 1. The van der Waals surface area contributed by atoms with Crippen molar-refractivity contribution < 1.29 is 38.4 Å². The Bertz CT molecular complexity index is 965. The molecule has 0 saturated carbocycles. The van der Waals surface area contributed by atoms with Crippen LogP contribution in [0.2, 0.25) is 0 Å². The highest BCUT2D eigenvalue weighted by Crippen LogP contribution is 2.39. The van der Waals surface area contributed by atoms with Crippen LogP contribution in [0.25, 0.3) is 0 Å². The molecule has 0 aromatic heterocycles. The lowest BCUT2D eigenvalue weighted by Gasteiger charge is -2.48. The minimum atomic E-state index is -1.11. The first-order valence-electron chi connectivity index (χ1n) is 13.2. The first-order chi connectivity index (χ1) is 17.9. The summed E-state index contributed by atoms with van der Waals surface area (Å²) in [4.78, 5) is 35.2. The molecule has 9 nitrogen and oxygen atoms in total. The number of carbonyl (C=O) groups excluding carboxylic acids is 3. The lowest BCUT2D eigenvalue weighted by atomic mass is 9.82. The van der Waals surface area contributed by atoms with E-state index in [1.807, 2.05) is 19.9 Å². The Morgan fingerprint density at radius 1 is 1.26 bits per heavy atom. The molecular weight excluding hydrogens is 514 g/mol. The van der Waals surface area contributed by atoms with Gasteiger partial charge in [-0.3, -0.25) is 14.4 Å². The van der Waals surface area contributed by atoms with Crippen LogP contribution in [0.5, 0.6) is 0 Å². The van der Waals surface area contributed by atoms with E-state index in [1.165, 1.54) is 13.0 Å². The fraction of sp³-hybridized carbons (Fsp3) is 0.679. The number of aliphatic hydroxyl groups is 1. The van der Waals surface area contributed by atoms with Gasteiger partial charge in [0, 0.05) is 19.4 Å². The molecule has 9 atom stereocenters. The smallest absolute Gasteiger partial charge is 0.309 e. The van der Waals surface area contributed by atoms with Gasteiger partial charge in [-0.05, 0) is 45.6 Å². The predicted molar refractivity (Wildman–Crippen MR) is 141 cm³/mol. The number of hydrogen-bond donors (Lipinski definition) is 2. The van der Waals surface area contributed by atoms with Crippen molar-refractivity contribution in [1.82, 2.24) is 5.32 Å². The van der Waals surface area contributed by atoms with Crippen LogP contribution in [0.15, 0.2) is 36.0 Å². The summed E-state index contributed by atoms with van der Waals surface area (Å²) in [5, 5.41) is 13.8. The van der Waals surface area contributed by atoms with Gasteiger partial charge in [0.15, 0.2) is 5.60 Å². The van der Waals surface area contributed by atoms with E-state index >= 15 is 0 Å². The van der Waals surface area contributed by atoms with Crippen LogP contribution in [0.4, 0.5) is 0 Å². The first-order valence-corrected chi connectivity index (χ1v) is 13.7. The topological polar surface area (TPSA) is 120 Å². The Hall–Kier alpha value is -2.20. The van der Waals surface area contributed by atoms with Gasteiger partial charge in [-0.2, -0.15) is 0 Å². The summed E-state index contributed by atoms with van der Waals surface area (Å²) in [6, 6.07) is -0.125. The van der Waals surface area contributed by atoms with Crippen LogP contribution in [-0.2, 0) is 33.3 Å². The maximum atomic E-state index is 12.3. The van der Waals surface area contributed by atoms with Crippen molar-refractivity contribution in [1.29, 1.82) is 0 Å². The second kappa shape index (κ2) is 13.2. The monoisotopic (exact) mass is 553 g/mol. The quantitative estimate of drug-likeness (QED) is 0.193. The molecule has 1 amide bonds. The molecule has 3 rings (SSSR count). The van der Waals surface area contributed by atoms with Gasteiger partial charge in [0.1, 0.15) is 18.3 Å². The standard InChI is InChI=1S/C28H40ClNO8/c1-16(7-10-24-27(34)28(15-29)14-21(37-24)13-26(33)38-28)6-9-23-17(2)12-22(19(4)36-23)30-25(32)11-8-18(3)35-20(5)31/h6-8,10-11,17-19,21-24,27,34H,9,12-15H2,1-5H3,(H,30,32)/b10-7+,11-8-,16-6+/t17-,18-,19+,21+,22+,23-,24+,27+,28+/m0/s1. The number of nitrogens with one attached hydrogen (secondary N) is 1. The largest absolute Gasteiger partial charge is 0.459 e. The van der Waals surface area contributed by atoms with Crippen LogP contribution < -0.4 is 5.32 Å². The summed E-state index contributed by atoms with van der Waals surface area (Å²) in [6.07, 6.45) is 8.08. The highest BCUT2D eigenvalue weighted by Gasteiger charge is 2.54. The van der Waals surface area contributed by atoms with E-state index in [-0.39, 0.29) is 48.5 Å². The number of carbonyl (C=O) groups is 3. The van der Waals surface area contributed by atoms with Gasteiger partial charge in [0.25, 0.3) is 0 Å². The van der Waals surface area contributed by atoms with Gasteiger partial charge >= 0.3 is 11.9 Å². The molecule has 0 aromatic carbocycles. The number of alkyl halides is 1. The lowest BCUT2D eigenvalue weighted by Crippen LogP contribution is -2.63. The molecule has 3 heterocycles. The third kappa shape index (κ3) is 7.91. The van der Waals surface area contributed by atoms with Gasteiger partial charge in [0.2, 0.25) is 5.91 Å². The average Bonchev–Trinajstić information content (AvgIpc) is 2.84. The molecule has 0 radical (unpaired) electrons. The third-order valence-corrected chi connectivity index (χ3v) is 7.80. The van der Waals surface area contributed by atoms with E-state index in [9.17, 15) is 19.5 Å². The van der Waals surface area contributed by atoms with Crippen LogP contribution in [0, 0.1) is 5.92 Å². The maximum Gasteiger partial charge on any atom is 0.309 e. The second-order valence-electron chi connectivity index (χ2n) is 10.7. The molecule has 3 aliphatic rings. The molecule has 212 valence electrons. The van der Waals surface area contributed by atoms with Gasteiger partial charge in [-0.25, -0.2) is 0 Å². The zero-order valence-corrected chi connectivity index (χ0v) is 23.5. The number of fused-ring (bicyclic) bond motifs is 2. The van der Waals surface area contributed by atoms with Crippen molar-refractivity contribution in [3.05, 3.63) is 36.0 Å². The summed E-state index contributed by atoms with van der Waals surface area (Å²) in [5.41, 5.74) is -0.129. The minimum absolute atomic E-state index is 0.00385. The Morgan fingerprint density at radius 2 is 2.00 bits per heavy atom. The van der Waals surface area contributed by atoms with Crippen LogP contribution in [0.3, 0.4) is 0 Å². The van der Waals surface area contributed by atoms with Gasteiger partial charge < -0.3 is 29.4 Å². The molecular formula is C28H40ClNO8. The molecule has 2 bridgehead atoms. The summed E-state index contributed by atoms with van der Waals surface area (Å²) in [6.45, 7) is 9.03. The highest BCUT2D eigenvalue weighted by atomic mass is 35.5. The maximum absolute atomic E-state index is 12.3. The molecule has 3 saturated heterocycles. The fourth-order valence-corrected chi connectivity index (χ4v) is 5.54. The lowest BCUT2D eigenvalue weighted by molar-refractivity contribution is -0.238. The Morgan fingerprint density at radius 3 is 2.68 bits per heavy atom. The Kier molecular flexibility index (Phi) is 10.6. The number of ether oxygens (including phenoxy) is 4. The molecule has 0 aliphatic carbocycles. The van der Waals surface area contributed by atoms with Gasteiger partial charge in [-0.1, -0.05) is 30.7 Å². The summed E-state index contributed by atoms with van der Waals surface area (Å²) in [7, 11) is 0. The van der Waals surface area contributed by atoms with Crippen molar-refractivity contribution in [3.63, 3.8) is 0 Å². The Balaban J connectivity index is 1.51. The molecule has 0 spiro atoms. The first kappa shape index (κ1) is 30.3. The van der Waals surface area contributed by atoms with E-state index in [2.05, 4.69) is 18.3 Å². The summed E-state index contributed by atoms with van der Waals surface area (Å²) >= 11 is 6.08. The molecule has 3 aliphatic heterocycles. The fourth-order valence-electron chi connectivity index (χ4n) is 5.22.